The van der Waals surface area contributed by atoms with Gasteiger partial charge in [-0.25, -0.2) is 4.98 Å². The molecule has 33 heavy (non-hydrogen) atoms. The maximum Gasteiger partial charge on any atom is 0.292 e. The van der Waals surface area contributed by atoms with Gasteiger partial charge in [0.1, 0.15) is 10.4 Å². The third kappa shape index (κ3) is 4.86. The molecule has 0 unspecified atom stereocenters. The van der Waals surface area contributed by atoms with Crippen molar-refractivity contribution in [1.82, 2.24) is 9.55 Å². The fourth-order valence-corrected chi connectivity index (χ4v) is 5.05. The van der Waals surface area contributed by atoms with E-state index in [0.29, 0.717) is 15.4 Å². The molecule has 2 heterocycles. The van der Waals surface area contributed by atoms with Crippen molar-refractivity contribution in [2.24, 2.45) is 0 Å². The number of nitrogens with one attached hydrogen (secondary N) is 1. The highest BCUT2D eigenvalue weighted by atomic mass is 32.2. The first kappa shape index (κ1) is 22.4. The molecule has 10 heteroatoms. The highest BCUT2D eigenvalue weighted by Crippen LogP contribution is 2.32. The van der Waals surface area contributed by atoms with Gasteiger partial charge in [-0.05, 0) is 17.7 Å². The number of hydrogen-bond acceptors (Lipinski definition) is 7. The molecule has 0 aliphatic heterocycles. The maximum absolute atomic E-state index is 13.1. The molecule has 1 amide bonds. The molecule has 8 nitrogen and oxygen atoms in total. The van der Waals surface area contributed by atoms with Crippen LogP contribution in [0.5, 0.6) is 0 Å². The Kier molecular flexibility index (Phi) is 6.66. The van der Waals surface area contributed by atoms with Crippen molar-refractivity contribution in [3.8, 4) is 10.4 Å². The van der Waals surface area contributed by atoms with Gasteiger partial charge in [-0.3, -0.25) is 24.3 Å². The van der Waals surface area contributed by atoms with Gasteiger partial charge < -0.3 is 5.32 Å². The molecule has 0 saturated heterocycles. The lowest BCUT2D eigenvalue weighted by molar-refractivity contribution is -0.383. The van der Waals surface area contributed by atoms with Crippen molar-refractivity contribution >= 4 is 50.6 Å². The van der Waals surface area contributed by atoms with Crippen molar-refractivity contribution < 1.29 is 9.72 Å². The summed E-state index contributed by atoms with van der Waals surface area (Å²) in [6.07, 6.45) is 1.60. The van der Waals surface area contributed by atoms with Gasteiger partial charge in [-0.2, -0.15) is 0 Å². The molecule has 0 spiro atoms. The Balaban J connectivity index is 1.61. The van der Waals surface area contributed by atoms with Crippen molar-refractivity contribution in [2.45, 2.75) is 11.7 Å². The zero-order chi connectivity index (χ0) is 23.4. The van der Waals surface area contributed by atoms with Gasteiger partial charge in [0.15, 0.2) is 5.16 Å². The van der Waals surface area contributed by atoms with E-state index in [1.807, 2.05) is 36.4 Å². The van der Waals surface area contributed by atoms with Crippen LogP contribution in [0.25, 0.3) is 20.7 Å². The van der Waals surface area contributed by atoms with E-state index in [4.69, 9.17) is 0 Å². The SMILES string of the molecule is C=CCn1c(SCC(=O)Nc2ccccc2[N+](=O)[O-])nc2cc(-c3ccccc3)sc2c1=O. The molecule has 0 saturated carbocycles. The van der Waals surface area contributed by atoms with Crippen LogP contribution in [-0.4, -0.2) is 26.1 Å². The Morgan fingerprint density at radius 3 is 2.67 bits per heavy atom. The lowest BCUT2D eigenvalue weighted by Crippen LogP contribution is -2.23. The Morgan fingerprint density at radius 2 is 1.94 bits per heavy atom. The number of anilines is 1. The third-order valence-corrected chi connectivity index (χ3v) is 6.81. The van der Waals surface area contributed by atoms with Crippen LogP contribution in [-0.2, 0) is 11.3 Å². The van der Waals surface area contributed by atoms with Crippen LogP contribution in [0.1, 0.15) is 0 Å². The van der Waals surface area contributed by atoms with Crippen LogP contribution >= 0.6 is 23.1 Å². The van der Waals surface area contributed by atoms with Crippen molar-refractivity contribution in [3.63, 3.8) is 0 Å². The number of hydrogen-bond donors (Lipinski definition) is 1. The summed E-state index contributed by atoms with van der Waals surface area (Å²) in [4.78, 5) is 41.8. The number of amides is 1. The number of nitro groups is 1. The normalized spacial score (nSPS) is 10.8. The second kappa shape index (κ2) is 9.80. The minimum absolute atomic E-state index is 0.0726. The van der Waals surface area contributed by atoms with E-state index in [9.17, 15) is 19.7 Å². The summed E-state index contributed by atoms with van der Waals surface area (Å²) in [5.74, 6) is -0.513. The number of fused-ring (bicyclic) bond motifs is 1. The van der Waals surface area contributed by atoms with Crippen LogP contribution in [0.15, 0.2) is 83.3 Å². The lowest BCUT2D eigenvalue weighted by atomic mass is 10.2. The molecule has 2 aromatic heterocycles. The number of carbonyl (C=O) groups is 1. The van der Waals surface area contributed by atoms with Crippen LogP contribution in [0.2, 0.25) is 0 Å². The summed E-state index contributed by atoms with van der Waals surface area (Å²) in [7, 11) is 0. The van der Waals surface area contributed by atoms with Gasteiger partial charge in [0.2, 0.25) is 5.91 Å². The van der Waals surface area contributed by atoms with E-state index in [2.05, 4.69) is 16.9 Å². The van der Waals surface area contributed by atoms with Crippen LogP contribution in [0, 0.1) is 10.1 Å². The highest BCUT2D eigenvalue weighted by molar-refractivity contribution is 7.99. The Bertz CT molecular complexity index is 1410. The van der Waals surface area contributed by atoms with E-state index in [0.717, 1.165) is 22.2 Å². The number of rotatable bonds is 8. The van der Waals surface area contributed by atoms with Crippen molar-refractivity contribution in [1.29, 1.82) is 0 Å². The van der Waals surface area contributed by atoms with Crippen LogP contribution < -0.4 is 10.9 Å². The summed E-state index contributed by atoms with van der Waals surface area (Å²) in [6, 6.07) is 17.5. The van der Waals surface area contributed by atoms with Gasteiger partial charge >= 0.3 is 0 Å². The molecule has 4 rings (SSSR count). The largest absolute Gasteiger partial charge is 0.320 e. The first-order chi connectivity index (χ1) is 16.0. The number of thiophene rings is 1. The van der Waals surface area contributed by atoms with Gasteiger partial charge in [-0.15, -0.1) is 17.9 Å². The second-order valence-corrected chi connectivity index (χ2v) is 8.90. The molecular formula is C23H18N4O4S2. The number of allylic oxidation sites excluding steroid dienone is 1. The fourth-order valence-electron chi connectivity index (χ4n) is 3.19. The minimum atomic E-state index is -0.555. The van der Waals surface area contributed by atoms with Crippen LogP contribution in [0.3, 0.4) is 0 Å². The van der Waals surface area contributed by atoms with Gasteiger partial charge in [0, 0.05) is 17.5 Å². The van der Waals surface area contributed by atoms with Gasteiger partial charge in [0.25, 0.3) is 11.2 Å². The predicted molar refractivity (Wildman–Crippen MR) is 132 cm³/mol. The zero-order valence-electron chi connectivity index (χ0n) is 17.3. The van der Waals surface area contributed by atoms with E-state index >= 15 is 0 Å². The first-order valence-electron chi connectivity index (χ1n) is 9.84. The van der Waals surface area contributed by atoms with E-state index < -0.39 is 10.8 Å². The number of aromatic nitrogens is 2. The molecular weight excluding hydrogens is 460 g/mol. The van der Waals surface area contributed by atoms with E-state index in [1.54, 1.807) is 12.1 Å². The average Bonchev–Trinajstić information content (AvgIpc) is 3.25. The number of carbonyl (C=O) groups excluding carboxylic acids is 1. The summed E-state index contributed by atoms with van der Waals surface area (Å²) >= 11 is 2.46. The Morgan fingerprint density at radius 1 is 1.21 bits per heavy atom. The topological polar surface area (TPSA) is 107 Å². The Hall–Kier alpha value is -3.76. The number of para-hydroxylation sites is 2. The van der Waals surface area contributed by atoms with Crippen LogP contribution in [0.4, 0.5) is 11.4 Å². The number of thioether (sulfide) groups is 1. The molecule has 0 aliphatic carbocycles. The molecule has 4 aromatic rings. The fraction of sp³-hybridized carbons (Fsp3) is 0.0870. The monoisotopic (exact) mass is 478 g/mol. The lowest BCUT2D eigenvalue weighted by Gasteiger charge is -2.10. The highest BCUT2D eigenvalue weighted by Gasteiger charge is 2.18. The van der Waals surface area contributed by atoms with E-state index in [1.165, 1.54) is 34.1 Å². The minimum Gasteiger partial charge on any atom is -0.320 e. The average molecular weight is 479 g/mol. The molecule has 1 N–H and O–H groups in total. The summed E-state index contributed by atoms with van der Waals surface area (Å²) in [5, 5.41) is 14.1. The summed E-state index contributed by atoms with van der Waals surface area (Å²) in [5.41, 5.74) is 1.28. The second-order valence-electron chi connectivity index (χ2n) is 6.90. The molecule has 0 fully saturated rings. The zero-order valence-corrected chi connectivity index (χ0v) is 18.9. The standard InChI is InChI=1S/C23H18N4O4S2/c1-2-12-26-22(29)21-17(13-19(33-21)15-8-4-3-5-9-15)25-23(26)32-14-20(28)24-16-10-6-7-11-18(16)27(30)31/h2-11,13H,1,12,14H2,(H,24,28). The molecule has 0 radical (unpaired) electrons. The van der Waals surface area contributed by atoms with Crippen molar-refractivity contribution in [2.75, 3.05) is 11.1 Å². The van der Waals surface area contributed by atoms with Gasteiger partial charge in [-0.1, -0.05) is 60.3 Å². The van der Waals surface area contributed by atoms with E-state index in [-0.39, 0.29) is 29.2 Å². The number of benzene rings is 2. The predicted octanol–water partition coefficient (Wildman–Crippen LogP) is 4.95. The first-order valence-corrected chi connectivity index (χ1v) is 11.6. The summed E-state index contributed by atoms with van der Waals surface area (Å²) < 4.78 is 2.01. The molecule has 2 aromatic carbocycles. The number of nitro benzene ring substituents is 1. The van der Waals surface area contributed by atoms with Crippen molar-refractivity contribution in [3.05, 3.63) is 93.8 Å². The molecule has 0 bridgehead atoms. The van der Waals surface area contributed by atoms with Gasteiger partial charge in [0.05, 0.1) is 16.2 Å². The quantitative estimate of drug-likeness (QED) is 0.126. The maximum atomic E-state index is 13.1. The Labute approximate surface area is 196 Å². The molecule has 166 valence electrons. The smallest absolute Gasteiger partial charge is 0.292 e. The molecule has 0 aliphatic rings. The number of nitrogens with zero attached hydrogens (tertiary/aromatic N) is 3. The summed E-state index contributed by atoms with van der Waals surface area (Å²) in [6.45, 7) is 3.96. The third-order valence-electron chi connectivity index (χ3n) is 4.68. The molecule has 0 atom stereocenters.